The van der Waals surface area contributed by atoms with Gasteiger partial charge in [-0.25, -0.2) is 0 Å². The van der Waals surface area contributed by atoms with E-state index in [2.05, 4.69) is 29.8 Å². The van der Waals surface area contributed by atoms with Crippen LogP contribution in [0.1, 0.15) is 50.3 Å². The summed E-state index contributed by atoms with van der Waals surface area (Å²) in [4.78, 5) is 2.02. The highest BCUT2D eigenvalue weighted by molar-refractivity contribution is 5.90. The molecule has 0 bridgehead atoms. The summed E-state index contributed by atoms with van der Waals surface area (Å²) in [5.41, 5.74) is 2.18. The van der Waals surface area contributed by atoms with Gasteiger partial charge in [-0.2, -0.15) is 0 Å². The Morgan fingerprint density at radius 2 is 2.13 bits per heavy atom. The molecule has 1 heterocycles. The number of unbranched alkanes of at least 4 members (excludes halogenated alkanes) is 1. The smallest absolute Gasteiger partial charge is 0.129 e. The fourth-order valence-corrected chi connectivity index (χ4v) is 3.11. The maximum atomic E-state index is 10.7. The number of aromatic nitrogens is 1. The first-order valence-corrected chi connectivity index (χ1v) is 8.70. The van der Waals surface area contributed by atoms with Crippen LogP contribution in [0.2, 0.25) is 0 Å². The van der Waals surface area contributed by atoms with Gasteiger partial charge in [-0.1, -0.05) is 19.4 Å². The third-order valence-corrected chi connectivity index (χ3v) is 4.44. The number of fused-ring (bicyclic) bond motifs is 1. The van der Waals surface area contributed by atoms with Crippen molar-refractivity contribution in [1.82, 2.24) is 9.47 Å². The van der Waals surface area contributed by atoms with Crippen LogP contribution in [-0.4, -0.2) is 41.8 Å². The summed E-state index contributed by atoms with van der Waals surface area (Å²) in [7, 11) is 3.98. The molecule has 1 fully saturated rings. The standard InChI is InChI=1S/C19H28N2O2/c1-4-5-11-23-18-8-6-7-16-19(18)15(17(22)13-20(2)3)12-21(16)14-9-10-14/h6-8,12,14,17,22H,4-5,9-11,13H2,1-3H3. The van der Waals surface area contributed by atoms with Crippen molar-refractivity contribution in [2.24, 2.45) is 0 Å². The third kappa shape index (κ3) is 3.54. The van der Waals surface area contributed by atoms with Crippen LogP contribution < -0.4 is 4.74 Å². The molecule has 1 aliphatic carbocycles. The number of hydrogen-bond donors (Lipinski definition) is 1. The van der Waals surface area contributed by atoms with Gasteiger partial charge >= 0.3 is 0 Å². The lowest BCUT2D eigenvalue weighted by molar-refractivity contribution is 0.139. The van der Waals surface area contributed by atoms with Gasteiger partial charge in [-0.15, -0.1) is 0 Å². The van der Waals surface area contributed by atoms with Gasteiger partial charge < -0.3 is 19.3 Å². The lowest BCUT2D eigenvalue weighted by Gasteiger charge is -2.16. The summed E-state index contributed by atoms with van der Waals surface area (Å²) < 4.78 is 8.36. The molecule has 4 heteroatoms. The normalized spacial score (nSPS) is 16.2. The monoisotopic (exact) mass is 316 g/mol. The van der Waals surface area contributed by atoms with Crippen LogP contribution in [-0.2, 0) is 0 Å². The predicted molar refractivity (Wildman–Crippen MR) is 94.1 cm³/mol. The molecule has 3 rings (SSSR count). The zero-order valence-corrected chi connectivity index (χ0v) is 14.5. The van der Waals surface area contributed by atoms with E-state index in [1.165, 1.54) is 18.4 Å². The Hall–Kier alpha value is -1.52. The van der Waals surface area contributed by atoms with E-state index in [1.807, 2.05) is 25.1 Å². The van der Waals surface area contributed by atoms with Gasteiger partial charge in [0.1, 0.15) is 5.75 Å². The Labute approximate surface area is 138 Å². The molecule has 1 aromatic heterocycles. The van der Waals surface area contributed by atoms with Crippen molar-refractivity contribution in [3.8, 4) is 5.75 Å². The molecule has 1 saturated carbocycles. The molecule has 1 atom stereocenters. The first kappa shape index (κ1) is 16.3. The second kappa shape index (κ2) is 6.93. The summed E-state index contributed by atoms with van der Waals surface area (Å²) in [6, 6.07) is 6.82. The van der Waals surface area contributed by atoms with Crippen molar-refractivity contribution >= 4 is 10.9 Å². The minimum atomic E-state index is -0.497. The van der Waals surface area contributed by atoms with Gasteiger partial charge in [0.2, 0.25) is 0 Å². The lowest BCUT2D eigenvalue weighted by Crippen LogP contribution is -2.19. The Bertz CT molecular complexity index is 659. The average molecular weight is 316 g/mol. The minimum absolute atomic E-state index is 0.497. The molecule has 0 amide bonds. The molecule has 1 aliphatic rings. The summed E-state index contributed by atoms with van der Waals surface area (Å²) in [5.74, 6) is 0.906. The Morgan fingerprint density at radius 1 is 1.35 bits per heavy atom. The highest BCUT2D eigenvalue weighted by atomic mass is 16.5. The van der Waals surface area contributed by atoms with Gasteiger partial charge in [0.05, 0.1) is 18.2 Å². The topological polar surface area (TPSA) is 37.6 Å². The molecule has 1 aromatic carbocycles. The predicted octanol–water partition coefficient (Wildman–Crippen LogP) is 3.75. The van der Waals surface area contributed by atoms with Crippen LogP contribution in [0.15, 0.2) is 24.4 Å². The number of benzene rings is 1. The van der Waals surface area contributed by atoms with E-state index in [-0.39, 0.29) is 0 Å². The average Bonchev–Trinajstić information content (AvgIpc) is 3.27. The quantitative estimate of drug-likeness (QED) is 0.754. The SMILES string of the molecule is CCCCOc1cccc2c1c(C(O)CN(C)C)cn2C1CC1. The van der Waals surface area contributed by atoms with E-state index < -0.39 is 6.10 Å². The van der Waals surface area contributed by atoms with Crippen LogP contribution in [0.5, 0.6) is 5.75 Å². The van der Waals surface area contributed by atoms with Crippen LogP contribution in [0.25, 0.3) is 10.9 Å². The Morgan fingerprint density at radius 3 is 2.78 bits per heavy atom. The second-order valence-electron chi connectivity index (χ2n) is 6.85. The van der Waals surface area contributed by atoms with Crippen molar-refractivity contribution in [3.63, 3.8) is 0 Å². The fourth-order valence-electron chi connectivity index (χ4n) is 3.11. The molecule has 1 N–H and O–H groups in total. The van der Waals surface area contributed by atoms with Gasteiger partial charge in [-0.3, -0.25) is 0 Å². The van der Waals surface area contributed by atoms with Crippen molar-refractivity contribution in [1.29, 1.82) is 0 Å². The number of nitrogens with zero attached hydrogens (tertiary/aromatic N) is 2. The van der Waals surface area contributed by atoms with Crippen LogP contribution >= 0.6 is 0 Å². The number of ether oxygens (including phenoxy) is 1. The minimum Gasteiger partial charge on any atom is -0.493 e. The van der Waals surface area contributed by atoms with Crippen LogP contribution in [0, 0.1) is 0 Å². The molecule has 0 spiro atoms. The maximum Gasteiger partial charge on any atom is 0.129 e. The molecular formula is C19H28N2O2. The molecule has 4 nitrogen and oxygen atoms in total. The van der Waals surface area contributed by atoms with E-state index in [9.17, 15) is 5.11 Å². The number of aliphatic hydroxyl groups is 1. The lowest BCUT2D eigenvalue weighted by atomic mass is 10.1. The van der Waals surface area contributed by atoms with Crippen molar-refractivity contribution in [2.45, 2.75) is 44.8 Å². The molecule has 1 unspecified atom stereocenters. The zero-order chi connectivity index (χ0) is 16.4. The summed E-state index contributed by atoms with van der Waals surface area (Å²) in [5, 5.41) is 11.8. The van der Waals surface area contributed by atoms with Gasteiger partial charge in [0, 0.05) is 29.7 Å². The Balaban J connectivity index is 2.02. The maximum absolute atomic E-state index is 10.7. The van der Waals surface area contributed by atoms with Crippen molar-refractivity contribution in [3.05, 3.63) is 30.0 Å². The molecule has 0 radical (unpaired) electrons. The Kier molecular flexibility index (Phi) is 4.93. The van der Waals surface area contributed by atoms with Crippen LogP contribution in [0.4, 0.5) is 0 Å². The number of rotatable bonds is 8. The molecule has 0 aliphatic heterocycles. The summed E-state index contributed by atoms with van der Waals surface area (Å²) in [6.07, 6.45) is 6.28. The molecule has 126 valence electrons. The second-order valence-corrected chi connectivity index (χ2v) is 6.85. The fraction of sp³-hybridized carbons (Fsp3) is 0.579. The molecular weight excluding hydrogens is 288 g/mol. The highest BCUT2D eigenvalue weighted by Gasteiger charge is 2.28. The first-order chi connectivity index (χ1) is 11.1. The summed E-state index contributed by atoms with van der Waals surface area (Å²) >= 11 is 0. The van der Waals surface area contributed by atoms with Crippen LogP contribution in [0.3, 0.4) is 0 Å². The zero-order valence-electron chi connectivity index (χ0n) is 14.5. The van der Waals surface area contributed by atoms with E-state index in [0.717, 1.165) is 36.1 Å². The third-order valence-electron chi connectivity index (χ3n) is 4.44. The van der Waals surface area contributed by atoms with E-state index >= 15 is 0 Å². The van der Waals surface area contributed by atoms with Gasteiger partial charge in [0.25, 0.3) is 0 Å². The molecule has 23 heavy (non-hydrogen) atoms. The van der Waals surface area contributed by atoms with Gasteiger partial charge in [0.15, 0.2) is 0 Å². The van der Waals surface area contributed by atoms with E-state index in [1.54, 1.807) is 0 Å². The number of likely N-dealkylation sites (N-methyl/N-ethyl adjacent to an activating group) is 1. The first-order valence-electron chi connectivity index (χ1n) is 8.70. The van der Waals surface area contributed by atoms with Crippen molar-refractivity contribution < 1.29 is 9.84 Å². The number of hydrogen-bond acceptors (Lipinski definition) is 3. The molecule has 0 saturated heterocycles. The molecule has 2 aromatic rings. The summed E-state index contributed by atoms with van der Waals surface area (Å²) in [6.45, 7) is 3.51. The van der Waals surface area contributed by atoms with Gasteiger partial charge in [-0.05, 0) is 45.5 Å². The number of aliphatic hydroxyl groups excluding tert-OH is 1. The van der Waals surface area contributed by atoms with E-state index in [0.29, 0.717) is 12.6 Å². The van der Waals surface area contributed by atoms with E-state index in [4.69, 9.17) is 4.74 Å². The highest BCUT2D eigenvalue weighted by Crippen LogP contribution is 2.42. The largest absolute Gasteiger partial charge is 0.493 e. The van der Waals surface area contributed by atoms with Crippen molar-refractivity contribution in [2.75, 3.05) is 27.2 Å².